The van der Waals surface area contributed by atoms with Gasteiger partial charge in [0.15, 0.2) is 5.65 Å². The Balaban J connectivity index is 0.00000156. The number of nitrogens with zero attached hydrogens (tertiary/aromatic N) is 3. The molecule has 4 rings (SSSR count). The molecule has 8 heteroatoms. The first-order chi connectivity index (χ1) is 10.6. The smallest absolute Gasteiger partial charge is 0.345 e. The van der Waals surface area contributed by atoms with Crippen molar-refractivity contribution in [3.05, 3.63) is 64.0 Å². The number of halogens is 3. The lowest BCUT2D eigenvalue weighted by Crippen LogP contribution is -2.02. The van der Waals surface area contributed by atoms with Crippen LogP contribution >= 0.6 is 28.6 Å². The predicted octanol–water partition coefficient (Wildman–Crippen LogP) is 3.87. The topological polar surface area (TPSA) is 60.4 Å². The minimum absolute atomic E-state index is 0. The highest BCUT2D eigenvalue weighted by Gasteiger charge is 2.12. The van der Waals surface area contributed by atoms with Gasteiger partial charge in [0.2, 0.25) is 0 Å². The molecule has 3 heterocycles. The third-order valence-corrected chi connectivity index (χ3v) is 3.46. The molecule has 0 radical (unpaired) electrons. The van der Waals surface area contributed by atoms with E-state index < -0.39 is 11.4 Å². The normalized spacial score (nSPS) is 10.9. The first-order valence-corrected chi connectivity index (χ1v) is 6.74. The summed E-state index contributed by atoms with van der Waals surface area (Å²) >= 11 is 5.82. The van der Waals surface area contributed by atoms with Gasteiger partial charge in [0.1, 0.15) is 16.6 Å². The Morgan fingerprint density at radius 1 is 1.17 bits per heavy atom. The van der Waals surface area contributed by atoms with Crippen LogP contribution in [-0.4, -0.2) is 14.6 Å². The van der Waals surface area contributed by atoms with Crippen molar-refractivity contribution in [2.24, 2.45) is 0 Å². The maximum atomic E-state index is 13.2. The minimum Gasteiger partial charge on any atom is -0.422 e. The van der Waals surface area contributed by atoms with Crippen molar-refractivity contribution >= 4 is 45.2 Å². The summed E-state index contributed by atoms with van der Waals surface area (Å²) in [5, 5.41) is 4.99. The lowest BCUT2D eigenvalue weighted by Gasteiger charge is -1.99. The maximum absolute atomic E-state index is 13.2. The number of aromatic nitrogens is 3. The van der Waals surface area contributed by atoms with E-state index in [2.05, 4.69) is 10.1 Å². The standard InChI is InChI=1S/C15H7ClFN3O2.BrH/c16-13-3-4-14-18-11(7-20(14)19-13)10-5-8-1-2-9(17)6-12(8)22-15(10)21;/h1-7H;1H. The summed E-state index contributed by atoms with van der Waals surface area (Å²) in [5.74, 6) is -0.463. The summed E-state index contributed by atoms with van der Waals surface area (Å²) in [5.41, 5.74) is 0.847. The van der Waals surface area contributed by atoms with Gasteiger partial charge in [-0.15, -0.1) is 17.0 Å². The average Bonchev–Trinajstić information content (AvgIpc) is 2.89. The fourth-order valence-corrected chi connectivity index (χ4v) is 2.40. The Morgan fingerprint density at radius 2 is 2.00 bits per heavy atom. The molecular weight excluding hydrogens is 389 g/mol. The third-order valence-electron chi connectivity index (χ3n) is 3.26. The van der Waals surface area contributed by atoms with Crippen molar-refractivity contribution in [3.8, 4) is 11.3 Å². The van der Waals surface area contributed by atoms with Crippen molar-refractivity contribution in [2.45, 2.75) is 0 Å². The van der Waals surface area contributed by atoms with E-state index in [1.54, 1.807) is 30.5 Å². The number of imidazole rings is 1. The number of hydrogen-bond donors (Lipinski definition) is 0. The molecule has 0 aliphatic rings. The number of fused-ring (bicyclic) bond motifs is 2. The van der Waals surface area contributed by atoms with Crippen LogP contribution in [0, 0.1) is 5.82 Å². The van der Waals surface area contributed by atoms with E-state index in [0.717, 1.165) is 0 Å². The summed E-state index contributed by atoms with van der Waals surface area (Å²) in [6.45, 7) is 0. The van der Waals surface area contributed by atoms with Crippen LogP contribution in [-0.2, 0) is 0 Å². The van der Waals surface area contributed by atoms with Gasteiger partial charge in [-0.1, -0.05) is 11.6 Å². The van der Waals surface area contributed by atoms with Gasteiger partial charge in [0.25, 0.3) is 0 Å². The molecule has 0 saturated heterocycles. The second kappa shape index (κ2) is 5.75. The summed E-state index contributed by atoms with van der Waals surface area (Å²) < 4.78 is 19.8. The Kier molecular flexibility index (Phi) is 3.91. The van der Waals surface area contributed by atoms with Crippen LogP contribution in [0.15, 0.2) is 51.8 Å². The molecule has 1 aromatic carbocycles. The molecule has 0 bridgehead atoms. The van der Waals surface area contributed by atoms with Gasteiger partial charge in [-0.05, 0) is 30.3 Å². The molecule has 23 heavy (non-hydrogen) atoms. The van der Waals surface area contributed by atoms with Crippen LogP contribution in [0.25, 0.3) is 27.9 Å². The molecule has 0 unspecified atom stereocenters. The van der Waals surface area contributed by atoms with Gasteiger partial charge in [-0.3, -0.25) is 0 Å². The van der Waals surface area contributed by atoms with Gasteiger partial charge < -0.3 is 4.42 Å². The molecule has 0 saturated carbocycles. The molecule has 5 nitrogen and oxygen atoms in total. The lowest BCUT2D eigenvalue weighted by molar-refractivity contribution is 0.556. The lowest BCUT2D eigenvalue weighted by atomic mass is 10.1. The van der Waals surface area contributed by atoms with Crippen LogP contribution in [0.2, 0.25) is 5.15 Å². The minimum atomic E-state index is -0.590. The first kappa shape index (κ1) is 15.6. The van der Waals surface area contributed by atoms with Gasteiger partial charge >= 0.3 is 5.63 Å². The van der Waals surface area contributed by atoms with E-state index in [-0.39, 0.29) is 28.1 Å². The highest BCUT2D eigenvalue weighted by Crippen LogP contribution is 2.21. The van der Waals surface area contributed by atoms with E-state index in [1.165, 1.54) is 16.6 Å². The van der Waals surface area contributed by atoms with Crippen molar-refractivity contribution < 1.29 is 8.81 Å². The Bertz CT molecular complexity index is 1090. The molecule has 0 amide bonds. The van der Waals surface area contributed by atoms with Crippen molar-refractivity contribution in [1.29, 1.82) is 0 Å². The fourth-order valence-electron chi connectivity index (χ4n) is 2.25. The van der Waals surface area contributed by atoms with Crippen molar-refractivity contribution in [3.63, 3.8) is 0 Å². The zero-order valence-corrected chi connectivity index (χ0v) is 13.8. The van der Waals surface area contributed by atoms with Crippen LogP contribution in [0.3, 0.4) is 0 Å². The molecule has 0 aliphatic heterocycles. The zero-order chi connectivity index (χ0) is 15.3. The van der Waals surface area contributed by atoms with E-state index in [1.807, 2.05) is 0 Å². The second-order valence-corrected chi connectivity index (χ2v) is 5.10. The van der Waals surface area contributed by atoms with E-state index in [9.17, 15) is 9.18 Å². The largest absolute Gasteiger partial charge is 0.422 e. The molecule has 0 spiro atoms. The van der Waals surface area contributed by atoms with E-state index >= 15 is 0 Å². The van der Waals surface area contributed by atoms with Gasteiger partial charge in [-0.25, -0.2) is 18.7 Å². The third kappa shape index (κ3) is 2.73. The number of hydrogen-bond acceptors (Lipinski definition) is 4. The summed E-state index contributed by atoms with van der Waals surface area (Å²) in [6, 6.07) is 8.94. The molecule has 0 N–H and O–H groups in total. The SMILES string of the molecule is Br.O=c1oc2cc(F)ccc2cc1-c1cn2nc(Cl)ccc2n1. The highest BCUT2D eigenvalue weighted by molar-refractivity contribution is 8.93. The van der Waals surface area contributed by atoms with Crippen LogP contribution in [0.4, 0.5) is 4.39 Å². The van der Waals surface area contributed by atoms with E-state index in [4.69, 9.17) is 16.0 Å². The Morgan fingerprint density at radius 3 is 2.83 bits per heavy atom. The summed E-state index contributed by atoms with van der Waals surface area (Å²) in [7, 11) is 0. The second-order valence-electron chi connectivity index (χ2n) is 4.71. The van der Waals surface area contributed by atoms with Gasteiger partial charge in [0.05, 0.1) is 17.5 Å². The average molecular weight is 397 g/mol. The molecule has 116 valence electrons. The van der Waals surface area contributed by atoms with Crippen LogP contribution in [0.1, 0.15) is 0 Å². The first-order valence-electron chi connectivity index (χ1n) is 6.36. The Labute approximate surface area is 144 Å². The maximum Gasteiger partial charge on any atom is 0.345 e. The van der Waals surface area contributed by atoms with Crippen LogP contribution < -0.4 is 5.63 Å². The summed E-state index contributed by atoms with van der Waals surface area (Å²) in [4.78, 5) is 16.4. The molecule has 3 aromatic heterocycles. The molecule has 0 aliphatic carbocycles. The predicted molar refractivity (Wildman–Crippen MR) is 89.8 cm³/mol. The van der Waals surface area contributed by atoms with Crippen molar-refractivity contribution in [1.82, 2.24) is 14.6 Å². The number of benzene rings is 1. The van der Waals surface area contributed by atoms with Gasteiger partial charge in [-0.2, -0.15) is 5.10 Å². The summed E-state index contributed by atoms with van der Waals surface area (Å²) in [6.07, 6.45) is 1.59. The van der Waals surface area contributed by atoms with E-state index in [0.29, 0.717) is 21.9 Å². The molecular formula is C15H8BrClFN3O2. The quantitative estimate of drug-likeness (QED) is 0.458. The molecule has 4 aromatic rings. The molecule has 0 atom stereocenters. The van der Waals surface area contributed by atoms with Crippen molar-refractivity contribution in [2.75, 3.05) is 0 Å². The fraction of sp³-hybridized carbons (Fsp3) is 0. The molecule has 0 fully saturated rings. The van der Waals surface area contributed by atoms with Gasteiger partial charge in [0, 0.05) is 11.5 Å². The van der Waals surface area contributed by atoms with Crippen LogP contribution in [0.5, 0.6) is 0 Å². The Hall–Kier alpha value is -2.25. The highest BCUT2D eigenvalue weighted by atomic mass is 79.9. The number of rotatable bonds is 1. The zero-order valence-electron chi connectivity index (χ0n) is 11.4. The monoisotopic (exact) mass is 395 g/mol.